The molecule has 0 saturated carbocycles. The first-order valence-corrected chi connectivity index (χ1v) is 8.81. The van der Waals surface area contributed by atoms with E-state index in [2.05, 4.69) is 54.7 Å². The molecule has 0 unspecified atom stereocenters. The third-order valence-corrected chi connectivity index (χ3v) is 4.56. The van der Waals surface area contributed by atoms with Crippen molar-refractivity contribution in [3.63, 3.8) is 0 Å². The highest BCUT2D eigenvalue weighted by Gasteiger charge is 2.10. The van der Waals surface area contributed by atoms with Crippen LogP contribution in [0.15, 0.2) is 72.8 Å². The molecule has 3 aromatic carbocycles. The molecule has 0 aliphatic heterocycles. The smallest absolute Gasteiger partial charge is 0.126 e. The maximum Gasteiger partial charge on any atom is 0.126 e. The van der Waals surface area contributed by atoms with Gasteiger partial charge < -0.3 is 14.8 Å². The van der Waals surface area contributed by atoms with Crippen molar-refractivity contribution < 1.29 is 9.47 Å². The van der Waals surface area contributed by atoms with Gasteiger partial charge in [0.25, 0.3) is 0 Å². The molecule has 134 valence electrons. The second-order valence-electron chi connectivity index (χ2n) is 6.28. The number of hydrogen-bond acceptors (Lipinski definition) is 3. The van der Waals surface area contributed by atoms with E-state index in [1.54, 1.807) is 14.2 Å². The van der Waals surface area contributed by atoms with Crippen LogP contribution < -0.4 is 14.8 Å². The van der Waals surface area contributed by atoms with Crippen molar-refractivity contribution in [3.05, 3.63) is 83.9 Å². The van der Waals surface area contributed by atoms with Gasteiger partial charge in [-0.15, -0.1) is 0 Å². The van der Waals surface area contributed by atoms with Crippen LogP contribution in [0.3, 0.4) is 0 Å². The van der Waals surface area contributed by atoms with Gasteiger partial charge in [-0.1, -0.05) is 48.5 Å². The van der Waals surface area contributed by atoms with Crippen LogP contribution in [0.4, 0.5) is 0 Å². The Labute approximate surface area is 155 Å². The molecule has 0 aromatic heterocycles. The Hall–Kier alpha value is -2.78. The van der Waals surface area contributed by atoms with Gasteiger partial charge in [0.05, 0.1) is 14.2 Å². The molecule has 3 aromatic rings. The van der Waals surface area contributed by atoms with Gasteiger partial charge in [0.2, 0.25) is 0 Å². The molecule has 0 amide bonds. The molecule has 26 heavy (non-hydrogen) atoms. The molecule has 0 radical (unpaired) electrons. The fraction of sp³-hybridized carbons (Fsp3) is 0.217. The first-order valence-electron chi connectivity index (χ1n) is 8.81. The number of benzene rings is 3. The Morgan fingerprint density at radius 3 is 2.38 bits per heavy atom. The molecule has 3 heteroatoms. The summed E-state index contributed by atoms with van der Waals surface area (Å²) in [5.74, 6) is 1.70. The molecule has 0 fully saturated rings. The van der Waals surface area contributed by atoms with E-state index in [1.165, 1.54) is 11.1 Å². The highest BCUT2D eigenvalue weighted by molar-refractivity contribution is 5.72. The average molecular weight is 347 g/mol. The van der Waals surface area contributed by atoms with E-state index in [4.69, 9.17) is 9.47 Å². The molecule has 0 bridgehead atoms. The second kappa shape index (κ2) is 8.54. The van der Waals surface area contributed by atoms with E-state index in [0.29, 0.717) is 6.04 Å². The van der Waals surface area contributed by atoms with Crippen LogP contribution >= 0.6 is 0 Å². The molecule has 0 heterocycles. The summed E-state index contributed by atoms with van der Waals surface area (Å²) in [6, 6.07) is 25.1. The fourth-order valence-corrected chi connectivity index (χ4v) is 3.01. The minimum absolute atomic E-state index is 0.290. The Morgan fingerprint density at radius 2 is 1.65 bits per heavy atom. The number of ether oxygens (including phenoxy) is 2. The summed E-state index contributed by atoms with van der Waals surface area (Å²) in [6.45, 7) is 2.97. The Balaban J connectivity index is 1.81. The largest absolute Gasteiger partial charge is 0.497 e. The van der Waals surface area contributed by atoms with Crippen LogP contribution in [-0.2, 0) is 6.54 Å². The molecule has 1 N–H and O–H groups in total. The summed E-state index contributed by atoms with van der Waals surface area (Å²) in [5, 5.41) is 3.59. The number of hydrogen-bond donors (Lipinski definition) is 1. The van der Waals surface area contributed by atoms with E-state index in [-0.39, 0.29) is 0 Å². The van der Waals surface area contributed by atoms with E-state index in [1.807, 2.05) is 30.3 Å². The van der Waals surface area contributed by atoms with Crippen LogP contribution in [0, 0.1) is 0 Å². The summed E-state index contributed by atoms with van der Waals surface area (Å²) >= 11 is 0. The van der Waals surface area contributed by atoms with E-state index >= 15 is 0 Å². The molecule has 0 saturated heterocycles. The van der Waals surface area contributed by atoms with Gasteiger partial charge in [-0.25, -0.2) is 0 Å². The van der Waals surface area contributed by atoms with Crippen molar-refractivity contribution in [2.24, 2.45) is 0 Å². The van der Waals surface area contributed by atoms with Gasteiger partial charge in [-0.2, -0.15) is 0 Å². The molecular weight excluding hydrogens is 322 g/mol. The lowest BCUT2D eigenvalue weighted by atomic mass is 10.0. The van der Waals surface area contributed by atoms with Gasteiger partial charge >= 0.3 is 0 Å². The average Bonchev–Trinajstić information content (AvgIpc) is 2.72. The zero-order chi connectivity index (χ0) is 18.4. The molecule has 0 spiro atoms. The van der Waals surface area contributed by atoms with Gasteiger partial charge in [0, 0.05) is 18.2 Å². The topological polar surface area (TPSA) is 30.5 Å². The predicted molar refractivity (Wildman–Crippen MR) is 107 cm³/mol. The Bertz CT molecular complexity index is 846. The third-order valence-electron chi connectivity index (χ3n) is 4.56. The monoisotopic (exact) mass is 347 g/mol. The van der Waals surface area contributed by atoms with Crippen molar-refractivity contribution in [1.82, 2.24) is 5.32 Å². The quantitative estimate of drug-likeness (QED) is 0.635. The fourth-order valence-electron chi connectivity index (χ4n) is 3.01. The minimum Gasteiger partial charge on any atom is -0.497 e. The molecule has 3 nitrogen and oxygen atoms in total. The van der Waals surface area contributed by atoms with Gasteiger partial charge in [-0.05, 0) is 47.9 Å². The van der Waals surface area contributed by atoms with Crippen LogP contribution in [0.2, 0.25) is 0 Å². The van der Waals surface area contributed by atoms with Crippen LogP contribution in [0.1, 0.15) is 24.1 Å². The van der Waals surface area contributed by atoms with Gasteiger partial charge in [0.1, 0.15) is 11.5 Å². The molecule has 1 atom stereocenters. The second-order valence-corrected chi connectivity index (χ2v) is 6.28. The van der Waals surface area contributed by atoms with Crippen molar-refractivity contribution in [1.29, 1.82) is 0 Å². The van der Waals surface area contributed by atoms with Crippen molar-refractivity contribution in [2.45, 2.75) is 19.5 Å². The van der Waals surface area contributed by atoms with Crippen molar-refractivity contribution in [2.75, 3.05) is 14.2 Å². The Kier molecular flexibility index (Phi) is 5.92. The normalized spacial score (nSPS) is 11.8. The molecule has 0 aliphatic carbocycles. The maximum atomic E-state index is 5.56. The highest BCUT2D eigenvalue weighted by atomic mass is 16.5. The van der Waals surface area contributed by atoms with Gasteiger partial charge in [0.15, 0.2) is 0 Å². The Morgan fingerprint density at radius 1 is 0.846 bits per heavy atom. The first-order chi connectivity index (χ1) is 12.7. The van der Waals surface area contributed by atoms with Crippen LogP contribution in [0.25, 0.3) is 11.1 Å². The number of methoxy groups -OCH3 is 2. The lowest BCUT2D eigenvalue weighted by molar-refractivity contribution is 0.413. The number of rotatable bonds is 7. The van der Waals surface area contributed by atoms with E-state index in [0.717, 1.165) is 29.2 Å². The predicted octanol–water partition coefficient (Wildman–Crippen LogP) is 5.22. The third kappa shape index (κ3) is 4.24. The van der Waals surface area contributed by atoms with Crippen molar-refractivity contribution >= 4 is 0 Å². The lowest BCUT2D eigenvalue weighted by Gasteiger charge is -2.16. The summed E-state index contributed by atoms with van der Waals surface area (Å²) in [6.07, 6.45) is 0. The number of nitrogens with one attached hydrogen (secondary N) is 1. The molecular formula is C23H25NO2. The first kappa shape index (κ1) is 18.0. The van der Waals surface area contributed by atoms with E-state index < -0.39 is 0 Å². The lowest BCUT2D eigenvalue weighted by Crippen LogP contribution is -2.18. The minimum atomic E-state index is 0.290. The zero-order valence-corrected chi connectivity index (χ0v) is 15.5. The summed E-state index contributed by atoms with van der Waals surface area (Å²) < 4.78 is 10.9. The van der Waals surface area contributed by atoms with Crippen molar-refractivity contribution in [3.8, 4) is 22.6 Å². The standard InChI is InChI=1S/C23H25NO2/c1-17(19-8-5-4-6-9-19)24-16-18-12-13-23(26-3)22(14-18)20-10-7-11-21(15-20)25-2/h4-15,17,24H,16H2,1-3H3/t17-/m1/s1. The summed E-state index contributed by atoms with van der Waals surface area (Å²) in [7, 11) is 3.38. The zero-order valence-electron chi connectivity index (χ0n) is 15.5. The van der Waals surface area contributed by atoms with Gasteiger partial charge in [-0.3, -0.25) is 0 Å². The van der Waals surface area contributed by atoms with E-state index in [9.17, 15) is 0 Å². The molecule has 3 rings (SSSR count). The highest BCUT2D eigenvalue weighted by Crippen LogP contribution is 2.33. The SMILES string of the molecule is COc1cccc(-c2cc(CN[C@H](C)c3ccccc3)ccc2OC)c1. The van der Waals surface area contributed by atoms with Crippen LogP contribution in [-0.4, -0.2) is 14.2 Å². The maximum absolute atomic E-state index is 5.56. The summed E-state index contributed by atoms with van der Waals surface area (Å²) in [5.41, 5.74) is 4.65. The molecule has 0 aliphatic rings. The van der Waals surface area contributed by atoms with Crippen LogP contribution in [0.5, 0.6) is 11.5 Å². The summed E-state index contributed by atoms with van der Waals surface area (Å²) in [4.78, 5) is 0.